The summed E-state index contributed by atoms with van der Waals surface area (Å²) in [6.45, 7) is 3.10. The van der Waals surface area contributed by atoms with Crippen LogP contribution in [-0.2, 0) is 27.3 Å². The summed E-state index contributed by atoms with van der Waals surface area (Å²) in [6, 6.07) is 19.1. The number of hydrogen-bond donors (Lipinski definition) is 3. The van der Waals surface area contributed by atoms with Crippen LogP contribution in [-0.4, -0.2) is 42.9 Å². The van der Waals surface area contributed by atoms with Crippen LogP contribution in [0.25, 0.3) is 0 Å². The van der Waals surface area contributed by atoms with Crippen molar-refractivity contribution in [1.82, 2.24) is 16.0 Å². The zero-order chi connectivity index (χ0) is 22.3. The number of alkyl carbamates (subject to hydrolysis) is 1. The SMILES string of the molecule is CCOC(=O)CCNC(=S)NC[C@H](Cc1ccccc1)NC(=O)OCc1ccccc1. The first-order valence-corrected chi connectivity index (χ1v) is 10.7. The molecular formula is C23H29N3O4S. The van der Waals surface area contributed by atoms with Crippen molar-refractivity contribution in [3.63, 3.8) is 0 Å². The van der Waals surface area contributed by atoms with E-state index in [-0.39, 0.29) is 25.0 Å². The monoisotopic (exact) mass is 443 g/mol. The number of amides is 1. The van der Waals surface area contributed by atoms with Gasteiger partial charge in [0.25, 0.3) is 0 Å². The van der Waals surface area contributed by atoms with Crippen LogP contribution in [0, 0.1) is 0 Å². The molecule has 0 bridgehead atoms. The first kappa shape index (κ1) is 24.1. The normalized spacial score (nSPS) is 11.1. The standard InChI is InChI=1S/C23H29N3O4S/c1-2-29-21(27)13-14-24-22(31)25-16-20(15-18-9-5-3-6-10-18)26-23(28)30-17-19-11-7-4-8-12-19/h3-12,20H,2,13-17H2,1H3,(H,26,28)(H2,24,25,31)/t20-/m0/s1. The number of benzene rings is 2. The fraction of sp³-hybridized carbons (Fsp3) is 0.348. The molecule has 0 saturated heterocycles. The Kier molecular flexibility index (Phi) is 10.9. The topological polar surface area (TPSA) is 88.7 Å². The molecule has 0 radical (unpaired) electrons. The Labute approximate surface area is 188 Å². The van der Waals surface area contributed by atoms with E-state index >= 15 is 0 Å². The zero-order valence-corrected chi connectivity index (χ0v) is 18.5. The van der Waals surface area contributed by atoms with E-state index in [1.54, 1.807) is 6.92 Å². The van der Waals surface area contributed by atoms with E-state index in [2.05, 4.69) is 16.0 Å². The van der Waals surface area contributed by atoms with Crippen molar-refractivity contribution in [3.05, 3.63) is 71.8 Å². The Morgan fingerprint density at radius 1 is 0.935 bits per heavy atom. The quantitative estimate of drug-likeness (QED) is 0.363. The summed E-state index contributed by atoms with van der Waals surface area (Å²) in [4.78, 5) is 23.7. The van der Waals surface area contributed by atoms with Crippen molar-refractivity contribution in [1.29, 1.82) is 0 Å². The summed E-state index contributed by atoms with van der Waals surface area (Å²) in [5.41, 5.74) is 2.00. The zero-order valence-electron chi connectivity index (χ0n) is 17.6. The minimum absolute atomic E-state index is 0.200. The largest absolute Gasteiger partial charge is 0.466 e. The fourth-order valence-corrected chi connectivity index (χ4v) is 2.98. The summed E-state index contributed by atoms with van der Waals surface area (Å²) < 4.78 is 10.2. The van der Waals surface area contributed by atoms with Crippen molar-refractivity contribution in [2.45, 2.75) is 32.4 Å². The molecule has 7 nitrogen and oxygen atoms in total. The number of carbonyl (C=O) groups is 2. The van der Waals surface area contributed by atoms with Gasteiger partial charge < -0.3 is 25.4 Å². The van der Waals surface area contributed by atoms with Gasteiger partial charge >= 0.3 is 12.1 Å². The molecule has 0 aliphatic heterocycles. The molecule has 0 saturated carbocycles. The third-order valence-corrected chi connectivity index (χ3v) is 4.58. The van der Waals surface area contributed by atoms with Gasteiger partial charge in [0.2, 0.25) is 0 Å². The van der Waals surface area contributed by atoms with Crippen LogP contribution in [0.15, 0.2) is 60.7 Å². The van der Waals surface area contributed by atoms with E-state index in [0.29, 0.717) is 31.2 Å². The van der Waals surface area contributed by atoms with Gasteiger partial charge in [0, 0.05) is 13.1 Å². The lowest BCUT2D eigenvalue weighted by Gasteiger charge is -2.20. The molecule has 8 heteroatoms. The molecule has 3 N–H and O–H groups in total. The summed E-state index contributed by atoms with van der Waals surface area (Å²) in [7, 11) is 0. The minimum Gasteiger partial charge on any atom is -0.466 e. The molecule has 1 atom stereocenters. The Bertz CT molecular complexity index is 818. The average Bonchev–Trinajstić information content (AvgIpc) is 2.78. The maximum atomic E-state index is 12.3. The van der Waals surface area contributed by atoms with Gasteiger partial charge in [-0.2, -0.15) is 0 Å². The van der Waals surface area contributed by atoms with Gasteiger partial charge in [0.15, 0.2) is 5.11 Å². The first-order chi connectivity index (χ1) is 15.1. The Balaban J connectivity index is 1.82. The number of thiocarbonyl (C=S) groups is 1. The van der Waals surface area contributed by atoms with Crippen molar-refractivity contribution < 1.29 is 19.1 Å². The van der Waals surface area contributed by atoms with E-state index < -0.39 is 6.09 Å². The highest BCUT2D eigenvalue weighted by molar-refractivity contribution is 7.80. The molecule has 0 fully saturated rings. The number of carbonyl (C=O) groups excluding carboxylic acids is 2. The molecule has 2 rings (SSSR count). The van der Waals surface area contributed by atoms with Crippen molar-refractivity contribution >= 4 is 29.4 Å². The van der Waals surface area contributed by atoms with Crippen LogP contribution < -0.4 is 16.0 Å². The van der Waals surface area contributed by atoms with E-state index in [1.165, 1.54) is 0 Å². The maximum Gasteiger partial charge on any atom is 0.407 e. The maximum absolute atomic E-state index is 12.3. The molecule has 2 aromatic carbocycles. The van der Waals surface area contributed by atoms with Gasteiger partial charge in [-0.15, -0.1) is 0 Å². The molecule has 2 aromatic rings. The minimum atomic E-state index is -0.493. The highest BCUT2D eigenvalue weighted by Crippen LogP contribution is 2.05. The average molecular weight is 444 g/mol. The van der Waals surface area contributed by atoms with Gasteiger partial charge in [-0.05, 0) is 36.7 Å². The second-order valence-corrected chi connectivity index (χ2v) is 7.19. The molecule has 0 aliphatic rings. The van der Waals surface area contributed by atoms with E-state index in [4.69, 9.17) is 21.7 Å². The Morgan fingerprint density at radius 3 is 2.23 bits per heavy atom. The summed E-state index contributed by atoms with van der Waals surface area (Å²) in [6.07, 6.45) is 0.347. The van der Waals surface area contributed by atoms with Crippen molar-refractivity contribution in [2.24, 2.45) is 0 Å². The fourth-order valence-electron chi connectivity index (χ4n) is 2.79. The van der Waals surface area contributed by atoms with Crippen LogP contribution in [0.3, 0.4) is 0 Å². The second kappa shape index (κ2) is 14.0. The van der Waals surface area contributed by atoms with Gasteiger partial charge in [0.1, 0.15) is 6.61 Å². The Hall–Kier alpha value is -3.13. The highest BCUT2D eigenvalue weighted by atomic mass is 32.1. The lowest BCUT2D eigenvalue weighted by Crippen LogP contribution is -2.47. The molecular weight excluding hydrogens is 414 g/mol. The summed E-state index contributed by atoms with van der Waals surface area (Å²) in [5.74, 6) is -0.275. The number of ether oxygens (including phenoxy) is 2. The van der Waals surface area contributed by atoms with Crippen molar-refractivity contribution in [2.75, 3.05) is 19.7 Å². The predicted octanol–water partition coefficient (Wildman–Crippen LogP) is 2.94. The van der Waals surface area contributed by atoms with Gasteiger partial charge in [-0.25, -0.2) is 4.79 Å². The smallest absolute Gasteiger partial charge is 0.407 e. The molecule has 31 heavy (non-hydrogen) atoms. The molecule has 0 aliphatic carbocycles. The second-order valence-electron chi connectivity index (χ2n) is 6.78. The molecule has 0 spiro atoms. The molecule has 0 heterocycles. The number of nitrogens with one attached hydrogen (secondary N) is 3. The third-order valence-electron chi connectivity index (χ3n) is 4.29. The molecule has 1 amide bonds. The first-order valence-electron chi connectivity index (χ1n) is 10.2. The van der Waals surface area contributed by atoms with E-state index in [1.807, 2.05) is 60.7 Å². The van der Waals surface area contributed by atoms with Crippen LogP contribution in [0.5, 0.6) is 0 Å². The summed E-state index contributed by atoms with van der Waals surface area (Å²) in [5, 5.41) is 9.35. The van der Waals surface area contributed by atoms with E-state index in [0.717, 1.165) is 11.1 Å². The predicted molar refractivity (Wildman–Crippen MR) is 124 cm³/mol. The van der Waals surface area contributed by atoms with Crippen LogP contribution in [0.1, 0.15) is 24.5 Å². The van der Waals surface area contributed by atoms with Gasteiger partial charge in [0.05, 0.1) is 19.1 Å². The van der Waals surface area contributed by atoms with Crippen LogP contribution >= 0.6 is 12.2 Å². The van der Waals surface area contributed by atoms with Gasteiger partial charge in [-0.3, -0.25) is 4.79 Å². The molecule has 0 aromatic heterocycles. The molecule has 166 valence electrons. The third kappa shape index (κ3) is 10.5. The number of hydrogen-bond acceptors (Lipinski definition) is 5. The summed E-state index contributed by atoms with van der Waals surface area (Å²) >= 11 is 5.26. The number of rotatable bonds is 11. The lowest BCUT2D eigenvalue weighted by molar-refractivity contribution is -0.142. The lowest BCUT2D eigenvalue weighted by atomic mass is 10.1. The van der Waals surface area contributed by atoms with Crippen LogP contribution in [0.4, 0.5) is 4.79 Å². The van der Waals surface area contributed by atoms with E-state index in [9.17, 15) is 9.59 Å². The van der Waals surface area contributed by atoms with Crippen LogP contribution in [0.2, 0.25) is 0 Å². The highest BCUT2D eigenvalue weighted by Gasteiger charge is 2.15. The van der Waals surface area contributed by atoms with Gasteiger partial charge in [-0.1, -0.05) is 60.7 Å². The number of esters is 1. The molecule has 0 unspecified atom stereocenters. The Morgan fingerprint density at radius 2 is 1.58 bits per heavy atom. The van der Waals surface area contributed by atoms with Crippen molar-refractivity contribution in [3.8, 4) is 0 Å².